The van der Waals surface area contributed by atoms with Gasteiger partial charge in [-0.15, -0.1) is 0 Å². The van der Waals surface area contributed by atoms with Gasteiger partial charge in [-0.25, -0.2) is 13.8 Å². The second kappa shape index (κ2) is 12.9. The van der Waals surface area contributed by atoms with Gasteiger partial charge in [0, 0.05) is 41.0 Å². The van der Waals surface area contributed by atoms with Crippen molar-refractivity contribution in [1.82, 2.24) is 19.3 Å². The number of benzene rings is 2. The first kappa shape index (κ1) is 26.9. The molecule has 0 radical (unpaired) electrons. The van der Waals surface area contributed by atoms with E-state index < -0.39 is 22.3 Å². The summed E-state index contributed by atoms with van der Waals surface area (Å²) in [4.78, 5) is 5.42. The summed E-state index contributed by atoms with van der Waals surface area (Å²) in [5, 5.41) is 9.13. The van der Waals surface area contributed by atoms with Gasteiger partial charge in [0.25, 0.3) is 0 Å². The van der Waals surface area contributed by atoms with E-state index in [-0.39, 0.29) is 0 Å². The van der Waals surface area contributed by atoms with Crippen molar-refractivity contribution in [3.8, 4) is 11.3 Å². The van der Waals surface area contributed by atoms with E-state index in [2.05, 4.69) is 46.7 Å². The molecule has 0 aliphatic carbocycles. The Morgan fingerprint density at radius 3 is 2.46 bits per heavy atom. The molecule has 0 aliphatic heterocycles. The molecule has 2 N–H and O–H groups in total. The molecule has 35 heavy (non-hydrogen) atoms. The van der Waals surface area contributed by atoms with Gasteiger partial charge in [-0.05, 0) is 37.7 Å². The van der Waals surface area contributed by atoms with Gasteiger partial charge in [-0.1, -0.05) is 63.2 Å². The number of fused-ring (bicyclic) bond motifs is 1. The second-order valence-corrected chi connectivity index (χ2v) is 10.1. The van der Waals surface area contributed by atoms with Gasteiger partial charge in [-0.3, -0.25) is 4.72 Å². The predicted octanol–water partition coefficient (Wildman–Crippen LogP) is 6.01. The highest BCUT2D eigenvalue weighted by molar-refractivity contribution is 8.12. The summed E-state index contributed by atoms with van der Waals surface area (Å²) in [6.07, 6.45) is 2.67. The molecule has 0 bridgehead atoms. The quantitative estimate of drug-likeness (QED) is 0.163. The minimum atomic E-state index is -0.688. The van der Waals surface area contributed by atoms with Crippen molar-refractivity contribution in [3.05, 3.63) is 71.9 Å². The second-order valence-electron chi connectivity index (χ2n) is 7.56. The lowest BCUT2D eigenvalue weighted by atomic mass is 10.1. The zero-order valence-corrected chi connectivity index (χ0v) is 22.3. The first-order chi connectivity index (χ1) is 17.0. The Morgan fingerprint density at radius 2 is 1.77 bits per heavy atom. The van der Waals surface area contributed by atoms with Crippen LogP contribution >= 0.6 is 19.3 Å². The van der Waals surface area contributed by atoms with Gasteiger partial charge in [0.1, 0.15) is 17.5 Å². The van der Waals surface area contributed by atoms with Crippen LogP contribution in [0.2, 0.25) is 0 Å². The normalized spacial score (nSPS) is 12.1. The zero-order chi connectivity index (χ0) is 25.4. The molecule has 2 unspecified atom stereocenters. The van der Waals surface area contributed by atoms with Crippen molar-refractivity contribution in [2.75, 3.05) is 25.1 Å². The van der Waals surface area contributed by atoms with Crippen LogP contribution in [0.5, 0.6) is 0 Å². The molecule has 4 rings (SSSR count). The highest BCUT2D eigenvalue weighted by Crippen LogP contribution is 2.26. The number of anilines is 1. The van der Waals surface area contributed by atoms with Crippen LogP contribution < -0.4 is 15.3 Å². The zero-order valence-electron chi connectivity index (χ0n) is 20.5. The van der Waals surface area contributed by atoms with Crippen LogP contribution in [0.15, 0.2) is 59.6 Å². The van der Waals surface area contributed by atoms with Gasteiger partial charge in [0.2, 0.25) is 0 Å². The molecule has 0 aliphatic rings. The number of rotatable bonds is 9. The number of aromatic nitrogens is 3. The molecular formula is C26H32F2N5PS. The minimum Gasteiger partial charge on any atom is -0.370 e. The summed E-state index contributed by atoms with van der Waals surface area (Å²) in [5.74, 6) is 3.69. The molecule has 2 aromatic carbocycles. The van der Waals surface area contributed by atoms with Crippen molar-refractivity contribution in [1.29, 1.82) is 0 Å². The molecular weight excluding hydrogens is 483 g/mol. The average molecular weight is 516 g/mol. The number of hydrogen-bond donors (Lipinski definition) is 2. The number of aryl methyl sites for hydroxylation is 1. The molecule has 0 spiro atoms. The van der Waals surface area contributed by atoms with Crippen LogP contribution in [0, 0.1) is 18.6 Å². The Kier molecular flexibility index (Phi) is 9.90. The van der Waals surface area contributed by atoms with Crippen molar-refractivity contribution in [3.63, 3.8) is 0 Å². The smallest absolute Gasteiger partial charge is 0.165 e. The van der Waals surface area contributed by atoms with Crippen LogP contribution in [0.1, 0.15) is 25.8 Å². The lowest BCUT2D eigenvalue weighted by Crippen LogP contribution is -2.15. The standard InChI is InChI=1S/C24H26F2N5PS.C2H6/c1-16-7-4-5-8-20(16)21-14-23(31-24(30-21)22(32-2)15-28-31)27-9-6-10-29-33(3)19-12-17(25)11-18(26)13-19;1-2/h4-5,7-8,11-15,27,29,32H,3,6,9-10H2,1-2H3;1-2H3. The van der Waals surface area contributed by atoms with Crippen LogP contribution in [-0.4, -0.2) is 40.2 Å². The van der Waals surface area contributed by atoms with E-state index in [1.165, 1.54) is 17.7 Å². The van der Waals surface area contributed by atoms with E-state index >= 15 is 0 Å². The topological polar surface area (TPSA) is 54.2 Å². The summed E-state index contributed by atoms with van der Waals surface area (Å²) in [7, 11) is -0.0913. The van der Waals surface area contributed by atoms with Crippen LogP contribution in [0.3, 0.4) is 0 Å². The Labute approximate surface area is 210 Å². The number of halogens is 2. The monoisotopic (exact) mass is 515 g/mol. The lowest BCUT2D eigenvalue weighted by molar-refractivity contribution is 0.577. The van der Waals surface area contributed by atoms with E-state index in [1.54, 1.807) is 0 Å². The maximum Gasteiger partial charge on any atom is 0.165 e. The van der Waals surface area contributed by atoms with Crippen LogP contribution in [0.25, 0.3) is 16.9 Å². The van der Waals surface area contributed by atoms with Gasteiger partial charge >= 0.3 is 0 Å². The van der Waals surface area contributed by atoms with E-state index in [1.807, 2.05) is 42.8 Å². The maximum atomic E-state index is 13.4. The van der Waals surface area contributed by atoms with Gasteiger partial charge in [-0.2, -0.15) is 9.61 Å². The SMILES string of the molecule is C=S(NCCCNc1cc(-c2ccccc2C)nc2c(PC)cnn12)c1cc(F)cc(F)c1.CC. The number of nitrogens with zero attached hydrogens (tertiary/aromatic N) is 3. The Hall–Kier alpha value is -2.67. The Morgan fingerprint density at radius 1 is 1.06 bits per heavy atom. The molecule has 0 saturated heterocycles. The van der Waals surface area contributed by atoms with Gasteiger partial charge < -0.3 is 5.32 Å². The van der Waals surface area contributed by atoms with Crippen molar-refractivity contribution in [2.24, 2.45) is 0 Å². The average Bonchev–Trinajstić information content (AvgIpc) is 3.28. The third-order valence-corrected chi connectivity index (χ3v) is 7.47. The fourth-order valence-corrected chi connectivity index (χ4v) is 5.16. The highest BCUT2D eigenvalue weighted by atomic mass is 32.2. The Bertz CT molecular complexity index is 1290. The summed E-state index contributed by atoms with van der Waals surface area (Å²) in [6.45, 7) is 9.55. The van der Waals surface area contributed by atoms with E-state index in [4.69, 9.17) is 4.98 Å². The fraction of sp³-hybridized carbons (Fsp3) is 0.269. The first-order valence-electron chi connectivity index (χ1n) is 11.6. The van der Waals surface area contributed by atoms with Gasteiger partial charge in [0.15, 0.2) is 5.65 Å². The molecule has 2 aromatic heterocycles. The number of nitrogens with one attached hydrogen (secondary N) is 2. The molecule has 4 aromatic rings. The first-order valence-corrected chi connectivity index (χ1v) is 14.5. The minimum absolute atomic E-state index is 0.517. The highest BCUT2D eigenvalue weighted by Gasteiger charge is 2.13. The lowest BCUT2D eigenvalue weighted by Gasteiger charge is -2.13. The Balaban J connectivity index is 0.00000167. The molecule has 5 nitrogen and oxygen atoms in total. The summed E-state index contributed by atoms with van der Waals surface area (Å²) >= 11 is 0. The predicted molar refractivity (Wildman–Crippen MR) is 149 cm³/mol. The van der Waals surface area contributed by atoms with E-state index in [0.717, 1.165) is 40.5 Å². The molecule has 2 heterocycles. The van der Waals surface area contributed by atoms with Crippen molar-refractivity contribution < 1.29 is 8.78 Å². The molecule has 2 atom stereocenters. The molecule has 0 saturated carbocycles. The summed E-state index contributed by atoms with van der Waals surface area (Å²) < 4.78 is 32.0. The van der Waals surface area contributed by atoms with Crippen LogP contribution in [0.4, 0.5) is 14.6 Å². The fourth-order valence-electron chi connectivity index (χ4n) is 3.52. The molecule has 9 heteroatoms. The molecule has 186 valence electrons. The largest absolute Gasteiger partial charge is 0.370 e. The van der Waals surface area contributed by atoms with Crippen molar-refractivity contribution >= 4 is 41.9 Å². The summed E-state index contributed by atoms with van der Waals surface area (Å²) in [5.41, 5.74) is 4.04. The third-order valence-electron chi connectivity index (χ3n) is 5.22. The van der Waals surface area contributed by atoms with Gasteiger partial charge in [0.05, 0.1) is 11.9 Å². The van der Waals surface area contributed by atoms with Crippen molar-refractivity contribution in [2.45, 2.75) is 32.1 Å². The molecule has 0 fully saturated rings. The molecule has 0 amide bonds. The number of hydrogen-bond acceptors (Lipinski definition) is 4. The summed E-state index contributed by atoms with van der Waals surface area (Å²) in [6, 6.07) is 13.7. The van der Waals surface area contributed by atoms with Crippen LogP contribution in [-0.2, 0) is 0 Å². The van der Waals surface area contributed by atoms with E-state index in [0.29, 0.717) is 26.6 Å². The third kappa shape index (κ3) is 6.72. The van der Waals surface area contributed by atoms with E-state index in [9.17, 15) is 8.78 Å². The maximum absolute atomic E-state index is 13.4.